The van der Waals surface area contributed by atoms with Crippen molar-refractivity contribution in [2.45, 2.75) is 64.7 Å². The van der Waals surface area contributed by atoms with E-state index in [0.717, 1.165) is 17.5 Å². The zero-order valence-corrected chi connectivity index (χ0v) is 17.7. The quantitative estimate of drug-likeness (QED) is 0.635. The molecule has 0 aliphatic heterocycles. The molecule has 3 nitrogen and oxygen atoms in total. The van der Waals surface area contributed by atoms with Gasteiger partial charge < -0.3 is 10.4 Å². The van der Waals surface area contributed by atoms with Crippen molar-refractivity contribution in [3.8, 4) is 0 Å². The molecule has 1 aromatic carbocycles. The molecule has 0 spiro atoms. The number of hydrogen-bond donors (Lipinski definition) is 2. The number of carboxylic acid groups (broad SMARTS) is 1. The van der Waals surface area contributed by atoms with Crippen molar-refractivity contribution in [2.75, 3.05) is 5.32 Å². The van der Waals surface area contributed by atoms with Crippen LogP contribution in [0, 0.1) is 18.8 Å². The highest BCUT2D eigenvalue weighted by Crippen LogP contribution is 2.60. The van der Waals surface area contributed by atoms with E-state index in [9.17, 15) is 4.79 Å². The van der Waals surface area contributed by atoms with E-state index in [2.05, 4.69) is 39.9 Å². The maximum Gasteiger partial charge on any atom is 0.335 e. The van der Waals surface area contributed by atoms with Crippen molar-refractivity contribution in [3.05, 3.63) is 45.8 Å². The third-order valence-corrected chi connectivity index (χ3v) is 8.19. The number of hydrogen-bond acceptors (Lipinski definition) is 3. The van der Waals surface area contributed by atoms with Crippen LogP contribution in [0.5, 0.6) is 0 Å². The number of aromatic carboxylic acids is 1. The molecule has 1 heterocycles. The van der Waals surface area contributed by atoms with Crippen LogP contribution in [-0.2, 0) is 10.8 Å². The summed E-state index contributed by atoms with van der Waals surface area (Å²) in [5.41, 5.74) is 4.55. The first-order chi connectivity index (χ1) is 12.6. The molecule has 2 N–H and O–H groups in total. The Hall–Kier alpha value is -1.81. The highest BCUT2D eigenvalue weighted by Gasteiger charge is 2.51. The van der Waals surface area contributed by atoms with Gasteiger partial charge in [0.25, 0.3) is 0 Å². The van der Waals surface area contributed by atoms with Crippen LogP contribution in [0.15, 0.2) is 24.3 Å². The number of nitrogens with one attached hydrogen (secondary N) is 1. The Bertz CT molecular complexity index is 888. The predicted octanol–water partition coefficient (Wildman–Crippen LogP) is 6.48. The summed E-state index contributed by atoms with van der Waals surface area (Å²) in [5, 5.41) is 13.8. The van der Waals surface area contributed by atoms with Gasteiger partial charge in [-0.3, -0.25) is 0 Å². The number of anilines is 2. The van der Waals surface area contributed by atoms with Crippen LogP contribution in [0.25, 0.3) is 0 Å². The molecule has 1 saturated carbocycles. The van der Waals surface area contributed by atoms with E-state index in [1.165, 1.54) is 40.3 Å². The van der Waals surface area contributed by atoms with Crippen molar-refractivity contribution in [1.82, 2.24) is 0 Å². The summed E-state index contributed by atoms with van der Waals surface area (Å²) in [6.45, 7) is 11.9. The third-order valence-electron chi connectivity index (χ3n) is 6.65. The lowest BCUT2D eigenvalue weighted by Gasteiger charge is -2.46. The molecule has 4 heteroatoms. The van der Waals surface area contributed by atoms with Crippen molar-refractivity contribution < 1.29 is 9.90 Å². The fraction of sp³-hybridized carbons (Fsp3) is 0.522. The number of carboxylic acids is 1. The zero-order chi connectivity index (χ0) is 19.6. The minimum atomic E-state index is -0.890. The molecule has 0 bridgehead atoms. The van der Waals surface area contributed by atoms with Gasteiger partial charge >= 0.3 is 5.97 Å². The monoisotopic (exact) mass is 383 g/mol. The van der Waals surface area contributed by atoms with Gasteiger partial charge in [0, 0.05) is 16.0 Å². The molecular weight excluding hydrogens is 354 g/mol. The van der Waals surface area contributed by atoms with E-state index >= 15 is 0 Å². The third kappa shape index (κ3) is 3.08. The number of carbonyl (C=O) groups is 1. The molecule has 144 valence electrons. The molecule has 27 heavy (non-hydrogen) atoms. The van der Waals surface area contributed by atoms with E-state index in [0.29, 0.717) is 5.56 Å². The Labute approximate surface area is 165 Å². The second kappa shape index (κ2) is 6.10. The lowest BCUT2D eigenvalue weighted by molar-refractivity contribution is 0.0697. The van der Waals surface area contributed by atoms with Crippen molar-refractivity contribution >= 4 is 28.0 Å². The van der Waals surface area contributed by atoms with Crippen LogP contribution >= 0.6 is 11.3 Å². The molecule has 0 radical (unpaired) electrons. The van der Waals surface area contributed by atoms with Crippen LogP contribution in [0.2, 0.25) is 0 Å². The SMILES string of the molecule is Cc1c(Nc2ccc(C(=O)O)cc2)sc2c1C(C)(C)CC(C1CC1)C2(C)C. The van der Waals surface area contributed by atoms with Crippen LogP contribution < -0.4 is 5.32 Å². The summed E-state index contributed by atoms with van der Waals surface area (Å²) in [7, 11) is 0. The van der Waals surface area contributed by atoms with Gasteiger partial charge in [0.2, 0.25) is 0 Å². The molecule has 1 unspecified atom stereocenters. The Balaban J connectivity index is 1.72. The Kier molecular flexibility index (Phi) is 4.19. The molecule has 1 fully saturated rings. The fourth-order valence-electron chi connectivity index (χ4n) is 5.06. The number of fused-ring (bicyclic) bond motifs is 1. The Morgan fingerprint density at radius 2 is 1.78 bits per heavy atom. The van der Waals surface area contributed by atoms with Crippen LogP contribution in [0.1, 0.15) is 73.3 Å². The molecule has 1 aromatic heterocycles. The molecule has 2 aliphatic carbocycles. The van der Waals surface area contributed by atoms with Gasteiger partial charge in [-0.15, -0.1) is 11.3 Å². The summed E-state index contributed by atoms with van der Waals surface area (Å²) >= 11 is 1.90. The largest absolute Gasteiger partial charge is 0.478 e. The summed E-state index contributed by atoms with van der Waals surface area (Å²) < 4.78 is 0. The highest BCUT2D eigenvalue weighted by molar-refractivity contribution is 7.16. The summed E-state index contributed by atoms with van der Waals surface area (Å²) in [6, 6.07) is 7.02. The normalized spacial score (nSPS) is 22.9. The van der Waals surface area contributed by atoms with E-state index in [4.69, 9.17) is 5.11 Å². The van der Waals surface area contributed by atoms with Gasteiger partial charge in [-0.2, -0.15) is 0 Å². The zero-order valence-electron chi connectivity index (χ0n) is 16.8. The molecule has 1 atom stereocenters. The summed E-state index contributed by atoms with van der Waals surface area (Å²) in [6.07, 6.45) is 4.05. The maximum atomic E-state index is 11.1. The first-order valence-corrected chi connectivity index (χ1v) is 10.7. The summed E-state index contributed by atoms with van der Waals surface area (Å²) in [5.74, 6) is 0.773. The molecule has 2 aromatic rings. The van der Waals surface area contributed by atoms with Gasteiger partial charge in [-0.25, -0.2) is 4.79 Å². The minimum Gasteiger partial charge on any atom is -0.478 e. The van der Waals surface area contributed by atoms with Gasteiger partial charge in [0.05, 0.1) is 10.6 Å². The molecule has 0 saturated heterocycles. The summed E-state index contributed by atoms with van der Waals surface area (Å²) in [4.78, 5) is 12.6. The highest BCUT2D eigenvalue weighted by atomic mass is 32.1. The second-order valence-electron chi connectivity index (χ2n) is 9.52. The first-order valence-electron chi connectivity index (χ1n) is 9.86. The lowest BCUT2D eigenvalue weighted by Crippen LogP contribution is -2.41. The number of thiophene rings is 1. The first kappa shape index (κ1) is 18.5. The average molecular weight is 384 g/mol. The Morgan fingerprint density at radius 1 is 1.15 bits per heavy atom. The van der Waals surface area contributed by atoms with Crippen LogP contribution in [0.4, 0.5) is 10.7 Å². The van der Waals surface area contributed by atoms with Gasteiger partial charge in [0.1, 0.15) is 0 Å². The van der Waals surface area contributed by atoms with Crippen molar-refractivity contribution in [1.29, 1.82) is 0 Å². The lowest BCUT2D eigenvalue weighted by atomic mass is 9.59. The van der Waals surface area contributed by atoms with E-state index in [1.807, 2.05) is 23.5 Å². The smallest absolute Gasteiger partial charge is 0.335 e. The fourth-order valence-corrected chi connectivity index (χ4v) is 6.63. The second-order valence-corrected chi connectivity index (χ2v) is 10.5. The molecule has 0 amide bonds. The topological polar surface area (TPSA) is 49.3 Å². The van der Waals surface area contributed by atoms with Crippen molar-refractivity contribution in [3.63, 3.8) is 0 Å². The number of rotatable bonds is 4. The van der Waals surface area contributed by atoms with Crippen LogP contribution in [-0.4, -0.2) is 11.1 Å². The molecular formula is C23H29NO2S. The van der Waals surface area contributed by atoms with Crippen LogP contribution in [0.3, 0.4) is 0 Å². The molecule has 2 aliphatic rings. The number of benzene rings is 1. The van der Waals surface area contributed by atoms with Gasteiger partial charge in [-0.05, 0) is 78.8 Å². The Morgan fingerprint density at radius 3 is 2.33 bits per heavy atom. The molecule has 4 rings (SSSR count). The minimum absolute atomic E-state index is 0.200. The van der Waals surface area contributed by atoms with Gasteiger partial charge in [0.15, 0.2) is 0 Å². The van der Waals surface area contributed by atoms with E-state index in [1.54, 1.807) is 12.1 Å². The maximum absolute atomic E-state index is 11.1. The van der Waals surface area contributed by atoms with E-state index in [-0.39, 0.29) is 10.8 Å². The predicted molar refractivity (Wildman–Crippen MR) is 113 cm³/mol. The average Bonchev–Trinajstić information content (AvgIpc) is 3.36. The van der Waals surface area contributed by atoms with Gasteiger partial charge in [-0.1, -0.05) is 27.7 Å². The standard InChI is InChI=1S/C23H29NO2S/c1-13-18-19(23(4,5)17(14-6-7-14)12-22(18,2)3)27-20(13)24-16-10-8-15(9-11-16)21(25)26/h8-11,14,17,24H,6-7,12H2,1-5H3,(H,25,26). The van der Waals surface area contributed by atoms with Crippen molar-refractivity contribution in [2.24, 2.45) is 11.8 Å². The van der Waals surface area contributed by atoms with E-state index < -0.39 is 5.97 Å².